The average molecular weight is 823 g/mol. The van der Waals surface area contributed by atoms with Crippen LogP contribution >= 0.6 is 45.3 Å². The predicted molar refractivity (Wildman–Crippen MR) is 226 cm³/mol. The summed E-state index contributed by atoms with van der Waals surface area (Å²) in [5.74, 6) is 0. The van der Waals surface area contributed by atoms with Crippen molar-refractivity contribution in [2.24, 2.45) is 0 Å². The van der Waals surface area contributed by atoms with E-state index in [9.17, 15) is 20.4 Å². The van der Waals surface area contributed by atoms with Gasteiger partial charge in [0.15, 0.2) is 5.60 Å². The van der Waals surface area contributed by atoms with E-state index in [-0.39, 0.29) is 21.7 Å². The highest BCUT2D eigenvalue weighted by molar-refractivity contribution is 7.12. The van der Waals surface area contributed by atoms with Crippen molar-refractivity contribution in [3.8, 4) is 0 Å². The summed E-state index contributed by atoms with van der Waals surface area (Å²) >= 11 is 6.41. The first-order valence-corrected chi connectivity index (χ1v) is 21.9. The average Bonchev–Trinajstić information content (AvgIpc) is 3.78. The normalized spacial score (nSPS) is 17.1. The van der Waals surface area contributed by atoms with Crippen molar-refractivity contribution in [3.63, 3.8) is 0 Å². The molecule has 1 aliphatic carbocycles. The van der Waals surface area contributed by atoms with Gasteiger partial charge in [0.05, 0.1) is 13.2 Å². The maximum absolute atomic E-state index is 10.1. The van der Waals surface area contributed by atoms with Crippen LogP contribution in [0.3, 0.4) is 0 Å². The third-order valence-electron chi connectivity index (χ3n) is 8.68. The summed E-state index contributed by atoms with van der Waals surface area (Å²) in [6, 6.07) is 0. The predicted octanol–water partition coefficient (Wildman–Crippen LogP) is 9.81. The molecular weight excluding hydrogens is 757 g/mol. The Bertz CT molecular complexity index is 1590. The van der Waals surface area contributed by atoms with E-state index in [1.54, 1.807) is 73.0 Å². The van der Waals surface area contributed by atoms with Crippen LogP contribution in [0, 0.1) is 0 Å². The third-order valence-corrected chi connectivity index (χ3v) is 15.4. The molecule has 0 atom stereocenters. The van der Waals surface area contributed by atoms with Gasteiger partial charge < -0.3 is 25.2 Å². The van der Waals surface area contributed by atoms with Crippen LogP contribution in [0.15, 0.2) is 24.8 Å². The van der Waals surface area contributed by atoms with Gasteiger partial charge in [0.25, 0.3) is 0 Å². The fourth-order valence-corrected chi connectivity index (χ4v) is 8.73. The molecule has 1 aliphatic heterocycles. The lowest BCUT2D eigenvalue weighted by Gasteiger charge is -2.34. The SMILES string of the molecule is CC(C)(C)c1cnc(C(C)(C)O)s1.CC(C)(C)c1cnc(C(C)(C)O)s1.CC(C)(C)c1cnc(C2(O)CCC2)s1.CC(C)(C)c1cnc(C2(O)COC2)s1. The first-order valence-electron chi connectivity index (χ1n) is 18.6. The van der Waals surface area contributed by atoms with Crippen molar-refractivity contribution in [2.75, 3.05) is 13.2 Å². The highest BCUT2D eigenvalue weighted by Gasteiger charge is 2.42. The van der Waals surface area contributed by atoms with Gasteiger partial charge in [-0.25, -0.2) is 19.9 Å². The summed E-state index contributed by atoms with van der Waals surface area (Å²) in [6.45, 7) is 33.7. The Morgan fingerprint density at radius 3 is 0.963 bits per heavy atom. The van der Waals surface area contributed by atoms with E-state index in [2.05, 4.69) is 103 Å². The molecule has 0 unspecified atom stereocenters. The lowest BCUT2D eigenvalue weighted by atomic mass is 9.81. The van der Waals surface area contributed by atoms with E-state index in [1.165, 1.54) is 19.5 Å². The van der Waals surface area contributed by atoms with Crippen LogP contribution < -0.4 is 0 Å². The molecule has 5 heterocycles. The van der Waals surface area contributed by atoms with Crippen LogP contribution in [0.2, 0.25) is 0 Å². The summed E-state index contributed by atoms with van der Waals surface area (Å²) in [4.78, 5) is 21.9. The number of hydrogen-bond donors (Lipinski definition) is 4. The molecule has 0 amide bonds. The van der Waals surface area contributed by atoms with Gasteiger partial charge in [-0.15, -0.1) is 45.3 Å². The maximum Gasteiger partial charge on any atom is 0.162 e. The van der Waals surface area contributed by atoms with Gasteiger partial charge in [0, 0.05) is 44.3 Å². The van der Waals surface area contributed by atoms with E-state index < -0.39 is 22.4 Å². The Labute approximate surface area is 340 Å². The molecule has 2 aliphatic rings. The number of thiazole rings is 4. The number of nitrogens with zero attached hydrogens (tertiary/aromatic N) is 4. The van der Waals surface area contributed by atoms with E-state index >= 15 is 0 Å². The van der Waals surface area contributed by atoms with E-state index in [4.69, 9.17) is 4.74 Å². The largest absolute Gasteiger partial charge is 0.383 e. The number of ether oxygens (including phenoxy) is 1. The number of rotatable bonds is 4. The van der Waals surface area contributed by atoms with E-state index in [1.807, 2.05) is 24.8 Å². The summed E-state index contributed by atoms with van der Waals surface area (Å²) < 4.78 is 5.00. The van der Waals surface area contributed by atoms with Crippen LogP contribution in [0.5, 0.6) is 0 Å². The first kappa shape index (κ1) is 46.7. The van der Waals surface area contributed by atoms with E-state index in [0.29, 0.717) is 13.2 Å². The molecule has 4 aromatic rings. The van der Waals surface area contributed by atoms with Crippen LogP contribution in [0.4, 0.5) is 0 Å². The fourth-order valence-electron chi connectivity index (χ4n) is 4.62. The Hall–Kier alpha value is -1.68. The first-order chi connectivity index (χ1) is 24.3. The van der Waals surface area contributed by atoms with Crippen LogP contribution in [0.1, 0.15) is 170 Å². The number of hydrogen-bond acceptors (Lipinski definition) is 13. The topological polar surface area (TPSA) is 142 Å². The molecule has 54 heavy (non-hydrogen) atoms. The molecule has 4 N–H and O–H groups in total. The Morgan fingerprint density at radius 2 is 0.778 bits per heavy atom. The minimum absolute atomic E-state index is 0.108. The van der Waals surface area contributed by atoms with Gasteiger partial charge in [-0.1, -0.05) is 83.1 Å². The number of aromatic nitrogens is 4. The molecule has 2 fully saturated rings. The summed E-state index contributed by atoms with van der Waals surface area (Å²) in [7, 11) is 0. The van der Waals surface area contributed by atoms with Crippen LogP contribution in [0.25, 0.3) is 0 Å². The van der Waals surface area contributed by atoms with Crippen LogP contribution in [-0.4, -0.2) is 53.6 Å². The van der Waals surface area contributed by atoms with Crippen molar-refractivity contribution in [2.45, 2.75) is 174 Å². The van der Waals surface area contributed by atoms with Crippen molar-refractivity contribution in [3.05, 3.63) is 64.3 Å². The smallest absolute Gasteiger partial charge is 0.162 e. The van der Waals surface area contributed by atoms with Crippen molar-refractivity contribution < 1.29 is 25.2 Å². The molecule has 9 nitrogen and oxygen atoms in total. The van der Waals surface area contributed by atoms with Crippen LogP contribution in [-0.2, 0) is 48.8 Å². The molecule has 1 saturated heterocycles. The summed E-state index contributed by atoms with van der Waals surface area (Å²) in [5, 5.41) is 42.8. The summed E-state index contributed by atoms with van der Waals surface area (Å²) in [6.07, 6.45) is 10.4. The summed E-state index contributed by atoms with van der Waals surface area (Å²) in [5.41, 5.74) is -2.51. The molecule has 1 saturated carbocycles. The minimum atomic E-state index is -0.811. The maximum atomic E-state index is 10.1. The Balaban J connectivity index is 0.000000194. The molecule has 0 radical (unpaired) electrons. The van der Waals surface area contributed by atoms with Crippen molar-refractivity contribution in [1.82, 2.24) is 19.9 Å². The lowest BCUT2D eigenvalue weighted by molar-refractivity contribution is -0.184. The standard InChI is InChI=1S/C11H17NOS.C10H15NO2S.2C10H17NOS/c1-10(2,3)8-7-12-9(14-8)11(13)5-4-6-11;1-9(2,3)7-4-11-8(14-7)10(12)5-13-6-10;2*1-9(2,3)7-6-11-8(13-7)10(4,5)12/h7,13H,4-6H2,1-3H3;4,12H,5-6H2,1-3H3;2*6,12H,1-5H3. The van der Waals surface area contributed by atoms with Gasteiger partial charge in [0.1, 0.15) is 36.8 Å². The molecule has 4 aromatic heterocycles. The zero-order valence-corrected chi connectivity index (χ0v) is 38.7. The Morgan fingerprint density at radius 1 is 0.481 bits per heavy atom. The second kappa shape index (κ2) is 16.7. The van der Waals surface area contributed by atoms with Gasteiger partial charge >= 0.3 is 0 Å². The minimum Gasteiger partial charge on any atom is -0.383 e. The Kier molecular flexibility index (Phi) is 14.4. The molecule has 6 rings (SSSR count). The van der Waals surface area contributed by atoms with Gasteiger partial charge in [-0.3, -0.25) is 0 Å². The molecule has 0 bridgehead atoms. The van der Waals surface area contributed by atoms with Gasteiger partial charge in [-0.05, 0) is 68.6 Å². The fraction of sp³-hybridized carbons (Fsp3) is 0.707. The monoisotopic (exact) mass is 822 g/mol. The molecule has 304 valence electrons. The zero-order valence-electron chi connectivity index (χ0n) is 35.5. The molecule has 0 aromatic carbocycles. The van der Waals surface area contributed by atoms with Crippen molar-refractivity contribution >= 4 is 45.3 Å². The molecular formula is C41H66N4O5S4. The second-order valence-corrected chi connectivity index (χ2v) is 23.8. The zero-order chi connectivity index (χ0) is 41.3. The second-order valence-electron chi connectivity index (χ2n) is 19.6. The van der Waals surface area contributed by atoms with Gasteiger partial charge in [0.2, 0.25) is 0 Å². The highest BCUT2D eigenvalue weighted by Crippen LogP contribution is 2.44. The van der Waals surface area contributed by atoms with Gasteiger partial charge in [-0.2, -0.15) is 0 Å². The van der Waals surface area contributed by atoms with Crippen molar-refractivity contribution in [1.29, 1.82) is 0 Å². The number of aliphatic hydroxyl groups is 4. The lowest BCUT2D eigenvalue weighted by Crippen LogP contribution is -2.46. The quantitative estimate of drug-likeness (QED) is 0.158. The highest BCUT2D eigenvalue weighted by atomic mass is 32.1. The third kappa shape index (κ3) is 12.7. The van der Waals surface area contributed by atoms with E-state index in [0.717, 1.165) is 39.3 Å². The molecule has 13 heteroatoms. The molecule has 0 spiro atoms.